The summed E-state index contributed by atoms with van der Waals surface area (Å²) in [6, 6.07) is 12.0. The first kappa shape index (κ1) is 21.0. The van der Waals surface area contributed by atoms with Gasteiger partial charge in [0.25, 0.3) is 0 Å². The molecule has 1 unspecified atom stereocenters. The zero-order valence-electron chi connectivity index (χ0n) is 15.9. The molecule has 0 aromatic heterocycles. The van der Waals surface area contributed by atoms with Gasteiger partial charge in [-0.15, -0.1) is 0 Å². The highest BCUT2D eigenvalue weighted by atomic mass is 19.4. The molecule has 1 aliphatic heterocycles. The second-order valence-corrected chi connectivity index (χ2v) is 6.69. The molecular formula is C21H22F3NO4. The quantitative estimate of drug-likeness (QED) is 0.732. The van der Waals surface area contributed by atoms with Crippen molar-refractivity contribution in [2.24, 2.45) is 0 Å². The Kier molecular flexibility index (Phi) is 6.64. The smallest absolute Gasteiger partial charge is 0.416 e. The molecule has 0 N–H and O–H groups in total. The molecule has 156 valence electrons. The van der Waals surface area contributed by atoms with Gasteiger partial charge in [0.2, 0.25) is 5.91 Å². The standard InChI is InChI=1S/C21H22F3NO4/c1-27-17-7-5-15(6-8-17)11-20(26)25-9-10-28-19(13-25)14-29-18-4-2-3-16(12-18)21(22,23)24/h2-8,12,19H,9-11,13-14H2,1H3. The number of ether oxygens (including phenoxy) is 3. The van der Waals surface area contributed by atoms with E-state index in [9.17, 15) is 18.0 Å². The van der Waals surface area contributed by atoms with Crippen molar-refractivity contribution in [1.82, 2.24) is 4.90 Å². The van der Waals surface area contributed by atoms with Crippen molar-refractivity contribution in [2.45, 2.75) is 18.7 Å². The van der Waals surface area contributed by atoms with Crippen molar-refractivity contribution in [2.75, 3.05) is 33.4 Å². The van der Waals surface area contributed by atoms with Gasteiger partial charge in [-0.1, -0.05) is 18.2 Å². The lowest BCUT2D eigenvalue weighted by atomic mass is 10.1. The lowest BCUT2D eigenvalue weighted by molar-refractivity contribution is -0.139. The van der Waals surface area contributed by atoms with Gasteiger partial charge in [-0.2, -0.15) is 13.2 Å². The summed E-state index contributed by atoms with van der Waals surface area (Å²) in [5, 5.41) is 0. The Hall–Kier alpha value is -2.74. The lowest BCUT2D eigenvalue weighted by Gasteiger charge is -2.33. The number of hydrogen-bond acceptors (Lipinski definition) is 4. The van der Waals surface area contributed by atoms with Gasteiger partial charge >= 0.3 is 6.18 Å². The predicted octanol–water partition coefficient (Wildman–Crippen LogP) is 3.56. The first-order chi connectivity index (χ1) is 13.8. The molecule has 0 radical (unpaired) electrons. The molecule has 1 heterocycles. The number of carbonyl (C=O) groups is 1. The molecule has 2 aromatic rings. The van der Waals surface area contributed by atoms with Crippen molar-refractivity contribution >= 4 is 5.91 Å². The molecule has 29 heavy (non-hydrogen) atoms. The molecule has 1 saturated heterocycles. The second-order valence-electron chi connectivity index (χ2n) is 6.69. The molecule has 1 aliphatic rings. The normalized spacial score (nSPS) is 17.1. The number of benzene rings is 2. The first-order valence-corrected chi connectivity index (χ1v) is 9.17. The highest BCUT2D eigenvalue weighted by Gasteiger charge is 2.31. The van der Waals surface area contributed by atoms with Crippen molar-refractivity contribution in [1.29, 1.82) is 0 Å². The summed E-state index contributed by atoms with van der Waals surface area (Å²) >= 11 is 0. The minimum Gasteiger partial charge on any atom is -0.497 e. The van der Waals surface area contributed by atoms with Crippen molar-refractivity contribution in [3.05, 3.63) is 59.7 Å². The van der Waals surface area contributed by atoms with Gasteiger partial charge in [0.05, 0.1) is 32.2 Å². The van der Waals surface area contributed by atoms with Crippen LogP contribution in [0.15, 0.2) is 48.5 Å². The highest BCUT2D eigenvalue weighted by molar-refractivity contribution is 5.79. The molecule has 0 spiro atoms. The van der Waals surface area contributed by atoms with Crippen LogP contribution in [-0.4, -0.2) is 50.3 Å². The Bertz CT molecular complexity index is 823. The number of alkyl halides is 3. The van der Waals surface area contributed by atoms with Crippen LogP contribution in [0.5, 0.6) is 11.5 Å². The summed E-state index contributed by atoms with van der Waals surface area (Å²) in [5.41, 5.74) is 0.106. The summed E-state index contributed by atoms with van der Waals surface area (Å²) in [7, 11) is 1.58. The number of methoxy groups -OCH3 is 1. The Balaban J connectivity index is 1.53. The van der Waals surface area contributed by atoms with E-state index >= 15 is 0 Å². The minimum atomic E-state index is -4.43. The summed E-state index contributed by atoms with van der Waals surface area (Å²) < 4.78 is 54.6. The van der Waals surface area contributed by atoms with Gasteiger partial charge in [-0.25, -0.2) is 0 Å². The number of carbonyl (C=O) groups excluding carboxylic acids is 1. The monoisotopic (exact) mass is 409 g/mol. The van der Waals surface area contributed by atoms with Crippen molar-refractivity contribution in [3.63, 3.8) is 0 Å². The Morgan fingerprint density at radius 2 is 1.93 bits per heavy atom. The van der Waals surface area contributed by atoms with E-state index in [2.05, 4.69) is 0 Å². The van der Waals surface area contributed by atoms with Gasteiger partial charge < -0.3 is 19.1 Å². The Morgan fingerprint density at radius 1 is 1.17 bits per heavy atom. The fraction of sp³-hybridized carbons (Fsp3) is 0.381. The van der Waals surface area contributed by atoms with Gasteiger partial charge in [0, 0.05) is 6.54 Å². The Morgan fingerprint density at radius 3 is 2.62 bits per heavy atom. The highest BCUT2D eigenvalue weighted by Crippen LogP contribution is 2.31. The summed E-state index contributed by atoms with van der Waals surface area (Å²) in [6.45, 7) is 1.21. The fourth-order valence-corrected chi connectivity index (χ4v) is 3.03. The molecule has 5 nitrogen and oxygen atoms in total. The van der Waals surface area contributed by atoms with Crippen LogP contribution in [-0.2, 0) is 22.1 Å². The van der Waals surface area contributed by atoms with Crippen molar-refractivity contribution < 1.29 is 32.2 Å². The fourth-order valence-electron chi connectivity index (χ4n) is 3.03. The predicted molar refractivity (Wildman–Crippen MR) is 100.0 cm³/mol. The largest absolute Gasteiger partial charge is 0.497 e. The second kappa shape index (κ2) is 9.17. The van der Waals surface area contributed by atoms with Crippen LogP contribution < -0.4 is 9.47 Å². The molecular weight excluding hydrogens is 387 g/mol. The number of halogens is 3. The molecule has 0 saturated carbocycles. The molecule has 1 atom stereocenters. The number of rotatable bonds is 6. The average Bonchev–Trinajstić information content (AvgIpc) is 2.72. The van der Waals surface area contributed by atoms with Gasteiger partial charge in [-0.05, 0) is 35.9 Å². The van der Waals surface area contributed by atoms with Crippen LogP contribution >= 0.6 is 0 Å². The van der Waals surface area contributed by atoms with Crippen LogP contribution in [0, 0.1) is 0 Å². The molecule has 0 bridgehead atoms. The minimum absolute atomic E-state index is 0.0393. The third-order valence-electron chi connectivity index (χ3n) is 4.60. The van der Waals surface area contributed by atoms with E-state index in [-0.39, 0.29) is 24.7 Å². The Labute approximate surface area is 167 Å². The molecule has 2 aromatic carbocycles. The van der Waals surface area contributed by atoms with E-state index < -0.39 is 17.8 Å². The molecule has 1 amide bonds. The van der Waals surface area contributed by atoms with Crippen LogP contribution in [0.25, 0.3) is 0 Å². The summed E-state index contributed by atoms with van der Waals surface area (Å²) in [5.74, 6) is 0.798. The maximum Gasteiger partial charge on any atom is 0.416 e. The maximum atomic E-state index is 12.8. The van der Waals surface area contributed by atoms with E-state index in [4.69, 9.17) is 14.2 Å². The average molecular weight is 409 g/mol. The van der Waals surface area contributed by atoms with E-state index in [1.807, 2.05) is 12.1 Å². The van der Waals surface area contributed by atoms with E-state index in [1.54, 1.807) is 24.1 Å². The lowest BCUT2D eigenvalue weighted by Crippen LogP contribution is -2.48. The van der Waals surface area contributed by atoms with Crippen LogP contribution in [0.3, 0.4) is 0 Å². The maximum absolute atomic E-state index is 12.8. The first-order valence-electron chi connectivity index (χ1n) is 9.17. The third kappa shape index (κ3) is 5.87. The topological polar surface area (TPSA) is 48.0 Å². The van der Waals surface area contributed by atoms with Gasteiger partial charge in [0.15, 0.2) is 0 Å². The van der Waals surface area contributed by atoms with Crippen LogP contribution in [0.4, 0.5) is 13.2 Å². The number of morpholine rings is 1. The van der Waals surface area contributed by atoms with E-state index in [0.717, 1.165) is 23.4 Å². The summed E-state index contributed by atoms with van der Waals surface area (Å²) in [6.07, 6.45) is -4.57. The third-order valence-corrected chi connectivity index (χ3v) is 4.60. The van der Waals surface area contributed by atoms with Gasteiger partial charge in [-0.3, -0.25) is 4.79 Å². The molecule has 1 fully saturated rings. The van der Waals surface area contributed by atoms with E-state index in [1.165, 1.54) is 12.1 Å². The van der Waals surface area contributed by atoms with Crippen molar-refractivity contribution in [3.8, 4) is 11.5 Å². The zero-order chi connectivity index (χ0) is 20.9. The molecule has 0 aliphatic carbocycles. The van der Waals surface area contributed by atoms with Crippen LogP contribution in [0.2, 0.25) is 0 Å². The van der Waals surface area contributed by atoms with Crippen LogP contribution in [0.1, 0.15) is 11.1 Å². The molecule has 8 heteroatoms. The van der Waals surface area contributed by atoms with E-state index in [0.29, 0.717) is 19.7 Å². The number of nitrogens with zero attached hydrogens (tertiary/aromatic N) is 1. The number of hydrogen-bond donors (Lipinski definition) is 0. The zero-order valence-corrected chi connectivity index (χ0v) is 15.9. The molecule has 3 rings (SSSR count). The SMILES string of the molecule is COc1ccc(CC(=O)N2CCOC(COc3cccc(C(F)(F)F)c3)C2)cc1. The summed E-state index contributed by atoms with van der Waals surface area (Å²) in [4.78, 5) is 14.3. The number of amides is 1. The van der Waals surface area contributed by atoms with Gasteiger partial charge in [0.1, 0.15) is 24.2 Å².